The zero-order valence-corrected chi connectivity index (χ0v) is 11.0. The molecule has 18 heavy (non-hydrogen) atoms. The maximum Gasteiger partial charge on any atom is 0.137 e. The third-order valence-corrected chi connectivity index (χ3v) is 3.17. The average molecular weight is 286 g/mol. The number of halogens is 3. The summed E-state index contributed by atoms with van der Waals surface area (Å²) in [5, 5.41) is 0.603. The van der Waals surface area contributed by atoms with Crippen LogP contribution in [0.2, 0.25) is 10.0 Å². The van der Waals surface area contributed by atoms with Crippen LogP contribution in [0, 0.1) is 5.82 Å². The van der Waals surface area contributed by atoms with Gasteiger partial charge in [0.15, 0.2) is 0 Å². The van der Waals surface area contributed by atoms with Crippen molar-refractivity contribution in [1.29, 1.82) is 0 Å². The van der Waals surface area contributed by atoms with Crippen molar-refractivity contribution in [3.8, 4) is 16.9 Å². The number of rotatable bonds is 2. The molecule has 2 rings (SSSR count). The van der Waals surface area contributed by atoms with E-state index in [1.54, 1.807) is 18.2 Å². The van der Waals surface area contributed by atoms with Gasteiger partial charge in [-0.25, -0.2) is 4.39 Å². The highest BCUT2D eigenvalue weighted by Crippen LogP contribution is 2.36. The smallest absolute Gasteiger partial charge is 0.137 e. The van der Waals surface area contributed by atoms with Gasteiger partial charge in [-0.3, -0.25) is 0 Å². The Morgan fingerprint density at radius 3 is 2.44 bits per heavy atom. The minimum atomic E-state index is -0.448. The van der Waals surface area contributed by atoms with Crippen molar-refractivity contribution in [1.82, 2.24) is 0 Å². The molecule has 0 amide bonds. The monoisotopic (exact) mass is 285 g/mol. The maximum absolute atomic E-state index is 13.3. The van der Waals surface area contributed by atoms with Crippen LogP contribution in [-0.2, 0) is 0 Å². The van der Waals surface area contributed by atoms with E-state index in [0.29, 0.717) is 27.6 Å². The quantitative estimate of drug-likeness (QED) is 0.831. The van der Waals surface area contributed by atoms with Crippen LogP contribution in [0.4, 0.5) is 10.1 Å². The van der Waals surface area contributed by atoms with Gasteiger partial charge in [0.25, 0.3) is 0 Å². The van der Waals surface area contributed by atoms with E-state index in [1.165, 1.54) is 19.2 Å². The van der Waals surface area contributed by atoms with Crippen molar-refractivity contribution in [2.45, 2.75) is 0 Å². The summed E-state index contributed by atoms with van der Waals surface area (Å²) >= 11 is 11.9. The topological polar surface area (TPSA) is 35.2 Å². The van der Waals surface area contributed by atoms with Gasteiger partial charge in [0, 0.05) is 5.56 Å². The first-order chi connectivity index (χ1) is 8.52. The van der Waals surface area contributed by atoms with Crippen LogP contribution in [0.5, 0.6) is 5.75 Å². The van der Waals surface area contributed by atoms with Crippen LogP contribution in [0.15, 0.2) is 30.3 Å². The SMILES string of the molecule is COc1ccc(-c2cc(F)cc(Cl)c2N)cc1Cl. The van der Waals surface area contributed by atoms with Gasteiger partial charge in [0.05, 0.1) is 22.8 Å². The van der Waals surface area contributed by atoms with Crippen molar-refractivity contribution in [2.24, 2.45) is 0 Å². The zero-order valence-electron chi connectivity index (χ0n) is 9.51. The number of anilines is 1. The molecule has 0 aliphatic heterocycles. The fraction of sp³-hybridized carbons (Fsp3) is 0.0769. The Bertz CT molecular complexity index is 602. The zero-order chi connectivity index (χ0) is 13.3. The standard InChI is InChI=1S/C13H10Cl2FNO/c1-18-12-3-2-7(4-10(12)14)9-5-8(16)6-11(15)13(9)17/h2-6H,17H2,1H3. The molecule has 0 heterocycles. The highest BCUT2D eigenvalue weighted by Gasteiger charge is 2.11. The molecule has 2 N–H and O–H groups in total. The second-order valence-corrected chi connectivity index (χ2v) is 4.51. The predicted molar refractivity (Wildman–Crippen MR) is 72.8 cm³/mol. The molecule has 0 fully saturated rings. The van der Waals surface area contributed by atoms with E-state index in [1.807, 2.05) is 0 Å². The van der Waals surface area contributed by atoms with E-state index in [-0.39, 0.29) is 5.02 Å². The lowest BCUT2D eigenvalue weighted by Crippen LogP contribution is -1.93. The first-order valence-corrected chi connectivity index (χ1v) is 5.87. The highest BCUT2D eigenvalue weighted by atomic mass is 35.5. The van der Waals surface area contributed by atoms with Gasteiger partial charge in [0.2, 0.25) is 0 Å². The molecular weight excluding hydrogens is 276 g/mol. The third-order valence-electron chi connectivity index (χ3n) is 2.56. The number of hydrogen-bond donors (Lipinski definition) is 1. The van der Waals surface area contributed by atoms with Gasteiger partial charge in [-0.05, 0) is 29.8 Å². The van der Waals surface area contributed by atoms with E-state index in [4.69, 9.17) is 33.7 Å². The normalized spacial score (nSPS) is 10.4. The van der Waals surface area contributed by atoms with Crippen LogP contribution in [0.25, 0.3) is 11.1 Å². The third kappa shape index (κ3) is 2.37. The summed E-state index contributed by atoms with van der Waals surface area (Å²) in [5.41, 5.74) is 7.33. The summed E-state index contributed by atoms with van der Waals surface area (Å²) in [6.45, 7) is 0. The number of hydrogen-bond acceptors (Lipinski definition) is 2. The molecule has 0 radical (unpaired) electrons. The molecule has 0 saturated heterocycles. The summed E-state index contributed by atoms with van der Waals surface area (Å²) < 4.78 is 18.4. The molecule has 0 spiro atoms. The van der Waals surface area contributed by atoms with Crippen LogP contribution in [0.1, 0.15) is 0 Å². The molecule has 5 heteroatoms. The lowest BCUT2D eigenvalue weighted by atomic mass is 10.0. The van der Waals surface area contributed by atoms with Crippen molar-refractivity contribution in [3.05, 3.63) is 46.2 Å². The minimum absolute atomic E-state index is 0.178. The first kappa shape index (κ1) is 13.0. The van der Waals surface area contributed by atoms with E-state index >= 15 is 0 Å². The molecule has 0 aromatic heterocycles. The molecule has 0 aliphatic rings. The Morgan fingerprint density at radius 1 is 1.11 bits per heavy atom. The lowest BCUT2D eigenvalue weighted by Gasteiger charge is -2.10. The van der Waals surface area contributed by atoms with Crippen molar-refractivity contribution in [2.75, 3.05) is 12.8 Å². The summed E-state index contributed by atoms with van der Waals surface area (Å²) in [5.74, 6) is 0.0950. The minimum Gasteiger partial charge on any atom is -0.495 e. The van der Waals surface area contributed by atoms with Crippen LogP contribution < -0.4 is 10.5 Å². The Morgan fingerprint density at radius 2 is 1.83 bits per heavy atom. The Hall–Kier alpha value is -1.45. The molecule has 0 unspecified atom stereocenters. The molecule has 2 aromatic rings. The van der Waals surface area contributed by atoms with Gasteiger partial charge in [-0.15, -0.1) is 0 Å². The van der Waals surface area contributed by atoms with Gasteiger partial charge in [-0.2, -0.15) is 0 Å². The van der Waals surface area contributed by atoms with Crippen LogP contribution in [-0.4, -0.2) is 7.11 Å². The van der Waals surface area contributed by atoms with Crippen LogP contribution in [0.3, 0.4) is 0 Å². The Kier molecular flexibility index (Phi) is 3.64. The number of nitrogens with two attached hydrogens (primary N) is 1. The molecule has 2 aromatic carbocycles. The molecule has 0 saturated carbocycles. The summed E-state index contributed by atoms with van der Waals surface area (Å²) in [7, 11) is 1.52. The summed E-state index contributed by atoms with van der Waals surface area (Å²) in [4.78, 5) is 0. The van der Waals surface area contributed by atoms with Crippen molar-refractivity contribution < 1.29 is 9.13 Å². The second-order valence-electron chi connectivity index (χ2n) is 3.70. The molecule has 2 nitrogen and oxygen atoms in total. The van der Waals surface area contributed by atoms with E-state index in [9.17, 15) is 4.39 Å². The summed E-state index contributed by atoms with van der Waals surface area (Å²) in [6.07, 6.45) is 0. The van der Waals surface area contributed by atoms with E-state index in [2.05, 4.69) is 0 Å². The number of methoxy groups -OCH3 is 1. The van der Waals surface area contributed by atoms with Crippen molar-refractivity contribution >= 4 is 28.9 Å². The average Bonchev–Trinajstić information content (AvgIpc) is 2.33. The number of benzene rings is 2. The fourth-order valence-corrected chi connectivity index (χ4v) is 2.12. The predicted octanol–water partition coefficient (Wildman–Crippen LogP) is 4.39. The molecule has 0 aliphatic carbocycles. The lowest BCUT2D eigenvalue weighted by molar-refractivity contribution is 0.415. The van der Waals surface area contributed by atoms with Gasteiger partial charge < -0.3 is 10.5 Å². The first-order valence-electron chi connectivity index (χ1n) is 5.11. The Balaban J connectivity index is 2.58. The largest absolute Gasteiger partial charge is 0.495 e. The number of nitrogen functional groups attached to an aromatic ring is 1. The maximum atomic E-state index is 13.3. The van der Waals surface area contributed by atoms with E-state index < -0.39 is 5.82 Å². The molecular formula is C13H10Cl2FNO. The van der Waals surface area contributed by atoms with Crippen LogP contribution >= 0.6 is 23.2 Å². The molecule has 0 atom stereocenters. The second kappa shape index (κ2) is 5.04. The molecule has 0 bridgehead atoms. The van der Waals surface area contributed by atoms with Gasteiger partial charge in [0.1, 0.15) is 11.6 Å². The van der Waals surface area contributed by atoms with E-state index in [0.717, 1.165) is 0 Å². The highest BCUT2D eigenvalue weighted by molar-refractivity contribution is 6.34. The van der Waals surface area contributed by atoms with Gasteiger partial charge in [-0.1, -0.05) is 29.3 Å². The molecule has 94 valence electrons. The van der Waals surface area contributed by atoms with Crippen molar-refractivity contribution in [3.63, 3.8) is 0 Å². The Labute approximate surface area is 114 Å². The fourth-order valence-electron chi connectivity index (χ4n) is 1.66. The summed E-state index contributed by atoms with van der Waals surface area (Å²) in [6, 6.07) is 7.58. The number of ether oxygens (including phenoxy) is 1. The van der Waals surface area contributed by atoms with Gasteiger partial charge >= 0.3 is 0 Å².